The highest BCUT2D eigenvalue weighted by Gasteiger charge is 2.10. The molecule has 0 aliphatic heterocycles. The number of ether oxygens (including phenoxy) is 2. The van der Waals surface area contributed by atoms with Gasteiger partial charge in [-0.1, -0.05) is 18.2 Å². The molecule has 0 saturated heterocycles. The van der Waals surface area contributed by atoms with Gasteiger partial charge in [-0.3, -0.25) is 0 Å². The van der Waals surface area contributed by atoms with Crippen LogP contribution in [0.25, 0.3) is 11.4 Å². The van der Waals surface area contributed by atoms with Crippen molar-refractivity contribution in [1.29, 1.82) is 0 Å². The van der Waals surface area contributed by atoms with Crippen molar-refractivity contribution < 1.29 is 14.6 Å². The van der Waals surface area contributed by atoms with Crippen molar-refractivity contribution in [2.45, 2.75) is 0 Å². The van der Waals surface area contributed by atoms with E-state index < -0.39 is 0 Å². The molecule has 8 heteroatoms. The molecule has 25 heavy (non-hydrogen) atoms. The average Bonchev–Trinajstić information content (AvgIpc) is 3.01. The van der Waals surface area contributed by atoms with E-state index in [9.17, 15) is 5.11 Å². The van der Waals surface area contributed by atoms with E-state index in [1.807, 2.05) is 24.3 Å². The second kappa shape index (κ2) is 7.18. The van der Waals surface area contributed by atoms with Gasteiger partial charge in [0.15, 0.2) is 17.3 Å². The minimum Gasteiger partial charge on any atom is -0.504 e. The highest BCUT2D eigenvalue weighted by atomic mass is 32.1. The summed E-state index contributed by atoms with van der Waals surface area (Å²) < 4.78 is 12.1. The number of phenolic OH excluding ortho intramolecular Hbond substituents is 1. The number of hydrogen-bond acceptors (Lipinski definition) is 6. The number of para-hydroxylation sites is 1. The van der Waals surface area contributed by atoms with E-state index in [1.165, 1.54) is 18.0 Å². The fourth-order valence-electron chi connectivity index (χ4n) is 2.28. The molecule has 0 fully saturated rings. The number of aromatic nitrogens is 3. The maximum atomic E-state index is 10.1. The van der Waals surface area contributed by atoms with Gasteiger partial charge in [0.05, 0.1) is 20.4 Å². The van der Waals surface area contributed by atoms with Gasteiger partial charge in [0.2, 0.25) is 4.77 Å². The zero-order valence-corrected chi connectivity index (χ0v) is 14.4. The molecule has 0 aliphatic carbocycles. The summed E-state index contributed by atoms with van der Waals surface area (Å²) in [6.45, 7) is 0. The number of benzene rings is 2. The summed E-state index contributed by atoms with van der Waals surface area (Å²) >= 11 is 5.24. The quantitative estimate of drug-likeness (QED) is 0.542. The van der Waals surface area contributed by atoms with Crippen LogP contribution in [0.2, 0.25) is 0 Å². The molecule has 0 bridgehead atoms. The van der Waals surface area contributed by atoms with E-state index in [0.29, 0.717) is 27.7 Å². The molecule has 0 saturated carbocycles. The number of nitrogens with zero attached hydrogens (tertiary/aromatic N) is 3. The number of methoxy groups -OCH3 is 2. The van der Waals surface area contributed by atoms with Crippen molar-refractivity contribution in [3.05, 3.63) is 52.8 Å². The number of nitrogens with one attached hydrogen (secondary N) is 1. The highest BCUT2D eigenvalue weighted by molar-refractivity contribution is 7.71. The van der Waals surface area contributed by atoms with Gasteiger partial charge in [-0.05, 0) is 36.5 Å². The van der Waals surface area contributed by atoms with Gasteiger partial charge < -0.3 is 14.6 Å². The lowest BCUT2D eigenvalue weighted by molar-refractivity contribution is 0.373. The van der Waals surface area contributed by atoms with Crippen molar-refractivity contribution in [2.75, 3.05) is 14.2 Å². The van der Waals surface area contributed by atoms with Crippen LogP contribution in [0, 0.1) is 4.77 Å². The van der Waals surface area contributed by atoms with Gasteiger partial charge in [0.1, 0.15) is 5.75 Å². The third kappa shape index (κ3) is 3.38. The predicted molar refractivity (Wildman–Crippen MR) is 97.1 cm³/mol. The van der Waals surface area contributed by atoms with Crippen LogP contribution >= 0.6 is 12.2 Å². The highest BCUT2D eigenvalue weighted by Crippen LogP contribution is 2.28. The average molecular weight is 356 g/mol. The molecule has 3 aromatic rings. The normalized spacial score (nSPS) is 11.0. The molecule has 0 aliphatic rings. The second-order valence-corrected chi connectivity index (χ2v) is 5.43. The lowest BCUT2D eigenvalue weighted by Gasteiger charge is -2.06. The zero-order chi connectivity index (χ0) is 17.8. The molecule has 2 N–H and O–H groups in total. The summed E-state index contributed by atoms with van der Waals surface area (Å²) in [6.07, 6.45) is 1.49. The van der Waals surface area contributed by atoms with Crippen LogP contribution in [-0.2, 0) is 0 Å². The Balaban J connectivity index is 2.02. The van der Waals surface area contributed by atoms with Crippen molar-refractivity contribution in [2.24, 2.45) is 5.10 Å². The molecule has 0 spiro atoms. The lowest BCUT2D eigenvalue weighted by Crippen LogP contribution is -1.96. The Morgan fingerprint density at radius 3 is 2.76 bits per heavy atom. The van der Waals surface area contributed by atoms with Crippen molar-refractivity contribution >= 4 is 18.4 Å². The monoisotopic (exact) mass is 356 g/mol. The molecule has 7 nitrogen and oxygen atoms in total. The second-order valence-electron chi connectivity index (χ2n) is 5.04. The first kappa shape index (κ1) is 16.7. The first-order valence-corrected chi connectivity index (χ1v) is 7.77. The molecule has 1 heterocycles. The minimum atomic E-state index is 0.00620. The third-order valence-electron chi connectivity index (χ3n) is 3.54. The summed E-state index contributed by atoms with van der Waals surface area (Å²) in [5.41, 5.74) is 1.29. The van der Waals surface area contributed by atoms with Crippen molar-refractivity contribution in [3.63, 3.8) is 0 Å². The van der Waals surface area contributed by atoms with Crippen LogP contribution in [0.4, 0.5) is 0 Å². The predicted octanol–water partition coefficient (Wildman–Crippen LogP) is 3.21. The number of H-pyrrole nitrogens is 1. The molecule has 0 amide bonds. The van der Waals surface area contributed by atoms with E-state index >= 15 is 0 Å². The molecule has 1 aromatic heterocycles. The van der Waals surface area contributed by atoms with Crippen LogP contribution in [0.15, 0.2) is 47.6 Å². The van der Waals surface area contributed by atoms with Crippen LogP contribution < -0.4 is 9.47 Å². The van der Waals surface area contributed by atoms with Gasteiger partial charge in [-0.15, -0.1) is 0 Å². The topological polar surface area (TPSA) is 84.7 Å². The minimum absolute atomic E-state index is 0.00620. The third-order valence-corrected chi connectivity index (χ3v) is 3.81. The molecule has 3 rings (SSSR count). The molecular weight excluding hydrogens is 340 g/mol. The Morgan fingerprint density at radius 1 is 1.20 bits per heavy atom. The van der Waals surface area contributed by atoms with Gasteiger partial charge in [-0.2, -0.15) is 14.9 Å². The smallest absolute Gasteiger partial charge is 0.216 e. The lowest BCUT2D eigenvalue weighted by atomic mass is 10.2. The van der Waals surface area contributed by atoms with Crippen LogP contribution in [0.3, 0.4) is 0 Å². The largest absolute Gasteiger partial charge is 0.504 e. The van der Waals surface area contributed by atoms with Crippen LogP contribution in [-0.4, -0.2) is 40.4 Å². The van der Waals surface area contributed by atoms with E-state index in [0.717, 1.165) is 5.56 Å². The van der Waals surface area contributed by atoms with Crippen LogP contribution in [0.5, 0.6) is 17.2 Å². The summed E-state index contributed by atoms with van der Waals surface area (Å²) in [6, 6.07) is 12.6. The number of rotatable bonds is 5. The van der Waals surface area contributed by atoms with Gasteiger partial charge in [-0.25, -0.2) is 5.10 Å². The Bertz CT molecular complexity index is 978. The summed E-state index contributed by atoms with van der Waals surface area (Å²) in [7, 11) is 3.09. The maximum absolute atomic E-state index is 10.1. The van der Waals surface area contributed by atoms with E-state index in [2.05, 4.69) is 15.3 Å². The van der Waals surface area contributed by atoms with Gasteiger partial charge >= 0.3 is 0 Å². The molecule has 0 unspecified atom stereocenters. The first-order chi connectivity index (χ1) is 12.1. The van der Waals surface area contributed by atoms with Crippen molar-refractivity contribution in [3.8, 4) is 28.6 Å². The number of phenols is 1. The zero-order valence-electron chi connectivity index (χ0n) is 13.6. The summed E-state index contributed by atoms with van der Waals surface area (Å²) in [5.74, 6) is 1.61. The summed E-state index contributed by atoms with van der Waals surface area (Å²) in [4.78, 5) is 0. The molecule has 0 atom stereocenters. The van der Waals surface area contributed by atoms with Gasteiger partial charge in [0.25, 0.3) is 0 Å². The standard InChI is InChI=1S/C17H16N4O3S/c1-23-13-7-3-5-11(9-13)16-19-20-17(25)21(16)18-10-12-6-4-8-14(24-2)15(12)22/h3-10,22H,1-2H3,(H,20,25)/b18-10+. The molecule has 2 aromatic carbocycles. The SMILES string of the molecule is COc1cccc(-c2n[nH]c(=S)n2/N=C/c2cccc(OC)c2O)c1. The van der Waals surface area contributed by atoms with Gasteiger partial charge in [0, 0.05) is 11.1 Å². The van der Waals surface area contributed by atoms with Crippen molar-refractivity contribution in [1.82, 2.24) is 14.9 Å². The molecular formula is C17H16N4O3S. The molecule has 0 radical (unpaired) electrons. The summed E-state index contributed by atoms with van der Waals surface area (Å²) in [5, 5.41) is 21.4. The Hall–Kier alpha value is -3.13. The Kier molecular flexibility index (Phi) is 4.80. The Labute approximate surface area is 149 Å². The number of aromatic amines is 1. The van der Waals surface area contributed by atoms with Crippen LogP contribution in [0.1, 0.15) is 5.56 Å². The Morgan fingerprint density at radius 2 is 2.00 bits per heavy atom. The maximum Gasteiger partial charge on any atom is 0.216 e. The van der Waals surface area contributed by atoms with E-state index in [1.54, 1.807) is 25.3 Å². The fraction of sp³-hybridized carbons (Fsp3) is 0.118. The first-order valence-electron chi connectivity index (χ1n) is 7.36. The van der Waals surface area contributed by atoms with E-state index in [4.69, 9.17) is 21.7 Å². The fourth-order valence-corrected chi connectivity index (χ4v) is 2.46. The number of hydrogen-bond donors (Lipinski definition) is 2. The number of aromatic hydroxyl groups is 1. The molecule has 128 valence electrons. The van der Waals surface area contributed by atoms with E-state index in [-0.39, 0.29) is 5.75 Å².